The molecule has 32 heavy (non-hydrogen) atoms. The van der Waals surface area contributed by atoms with Gasteiger partial charge in [0.2, 0.25) is 5.91 Å². The van der Waals surface area contributed by atoms with Gasteiger partial charge in [-0.05, 0) is 60.1 Å². The number of carboxylic acid groups (broad SMARTS) is 1. The van der Waals surface area contributed by atoms with E-state index in [1.165, 1.54) is 31.8 Å². The molecule has 1 fully saturated rings. The van der Waals surface area contributed by atoms with E-state index >= 15 is 0 Å². The van der Waals surface area contributed by atoms with Crippen LogP contribution < -0.4 is 10.1 Å². The molecule has 1 aliphatic carbocycles. The van der Waals surface area contributed by atoms with E-state index in [1.54, 1.807) is 24.3 Å². The van der Waals surface area contributed by atoms with E-state index in [4.69, 9.17) is 4.74 Å². The lowest BCUT2D eigenvalue weighted by Crippen LogP contribution is -2.27. The number of carbonyl (C=O) groups excluding carboxylic acids is 1. The highest BCUT2D eigenvalue weighted by molar-refractivity contribution is 5.96. The van der Waals surface area contributed by atoms with Crippen molar-refractivity contribution >= 4 is 18.0 Å². The van der Waals surface area contributed by atoms with Crippen LogP contribution in [0, 0.1) is 11.8 Å². The van der Waals surface area contributed by atoms with Gasteiger partial charge in [0.15, 0.2) is 0 Å². The maximum Gasteiger partial charge on any atom is 0.352 e. The Labute approximate surface area is 190 Å². The van der Waals surface area contributed by atoms with E-state index in [1.807, 2.05) is 18.2 Å². The highest BCUT2D eigenvalue weighted by Gasteiger charge is 2.18. The second-order valence-electron chi connectivity index (χ2n) is 8.98. The maximum absolute atomic E-state index is 12.2. The van der Waals surface area contributed by atoms with Crippen molar-refractivity contribution in [3.05, 3.63) is 65.4 Å². The summed E-state index contributed by atoms with van der Waals surface area (Å²) in [6, 6.07) is 15.2. The second-order valence-corrected chi connectivity index (χ2v) is 8.98. The first kappa shape index (κ1) is 23.6. The van der Waals surface area contributed by atoms with Crippen LogP contribution in [0.5, 0.6) is 11.5 Å². The summed E-state index contributed by atoms with van der Waals surface area (Å²) in [6.07, 6.45) is 8.40. The Morgan fingerprint density at radius 3 is 2.44 bits per heavy atom. The second kappa shape index (κ2) is 11.5. The molecule has 2 aromatic rings. The topological polar surface area (TPSA) is 75.6 Å². The molecule has 0 radical (unpaired) electrons. The quantitative estimate of drug-likeness (QED) is 0.436. The van der Waals surface area contributed by atoms with Gasteiger partial charge in [-0.2, -0.15) is 0 Å². The van der Waals surface area contributed by atoms with Gasteiger partial charge < -0.3 is 15.2 Å². The standard InChI is InChI=1S/C27H33NO4/c1-19(2)17-22-9-5-6-10-25(22)32-23-14-11-21(12-15-23)18-24(27(30)31)28-26(29)16-13-20-7-3-4-8-20/h5-6,9-12,14-15,18-20H,3-4,7-8,13,16-17H2,1-2H3,(H,28,29)(H,30,31)/b24-18-. The number of hydrogen-bond acceptors (Lipinski definition) is 3. The average Bonchev–Trinajstić information content (AvgIpc) is 3.28. The van der Waals surface area contributed by atoms with Crippen molar-refractivity contribution < 1.29 is 19.4 Å². The lowest BCUT2D eigenvalue weighted by Gasteiger charge is -2.13. The van der Waals surface area contributed by atoms with Crippen molar-refractivity contribution in [1.82, 2.24) is 5.32 Å². The van der Waals surface area contributed by atoms with Crippen molar-refractivity contribution in [3.8, 4) is 11.5 Å². The van der Waals surface area contributed by atoms with E-state index in [-0.39, 0.29) is 11.6 Å². The van der Waals surface area contributed by atoms with Gasteiger partial charge in [-0.3, -0.25) is 4.79 Å². The van der Waals surface area contributed by atoms with E-state index < -0.39 is 5.97 Å². The molecule has 5 nitrogen and oxygen atoms in total. The number of benzene rings is 2. The fraction of sp³-hybridized carbons (Fsp3) is 0.407. The molecule has 0 bridgehead atoms. The Bertz CT molecular complexity index is 940. The van der Waals surface area contributed by atoms with Crippen LogP contribution >= 0.6 is 0 Å². The van der Waals surface area contributed by atoms with Gasteiger partial charge in [0, 0.05) is 6.42 Å². The minimum Gasteiger partial charge on any atom is -0.477 e. The Morgan fingerprint density at radius 2 is 1.78 bits per heavy atom. The van der Waals surface area contributed by atoms with Gasteiger partial charge in [0.25, 0.3) is 0 Å². The van der Waals surface area contributed by atoms with Gasteiger partial charge in [-0.1, -0.05) is 69.9 Å². The Hall–Kier alpha value is -3.08. The predicted octanol–water partition coefficient (Wildman–Crippen LogP) is 6.19. The summed E-state index contributed by atoms with van der Waals surface area (Å²) in [5, 5.41) is 12.1. The zero-order valence-electron chi connectivity index (χ0n) is 19.0. The Morgan fingerprint density at radius 1 is 1.09 bits per heavy atom. The molecule has 0 saturated heterocycles. The van der Waals surface area contributed by atoms with Crippen molar-refractivity contribution in [2.24, 2.45) is 11.8 Å². The molecule has 3 rings (SSSR count). The Balaban J connectivity index is 1.63. The molecule has 0 unspecified atom stereocenters. The predicted molar refractivity (Wildman–Crippen MR) is 126 cm³/mol. The third kappa shape index (κ3) is 7.26. The highest BCUT2D eigenvalue weighted by Crippen LogP contribution is 2.29. The Kier molecular flexibility index (Phi) is 8.48. The number of hydrogen-bond donors (Lipinski definition) is 2. The smallest absolute Gasteiger partial charge is 0.352 e. The van der Waals surface area contributed by atoms with Crippen molar-refractivity contribution in [2.45, 2.75) is 58.8 Å². The van der Waals surface area contributed by atoms with E-state index in [2.05, 4.69) is 25.2 Å². The highest BCUT2D eigenvalue weighted by atomic mass is 16.5. The van der Waals surface area contributed by atoms with Crippen LogP contribution in [0.3, 0.4) is 0 Å². The van der Waals surface area contributed by atoms with Crippen LogP contribution in [-0.2, 0) is 16.0 Å². The van der Waals surface area contributed by atoms with Crippen molar-refractivity contribution in [3.63, 3.8) is 0 Å². The summed E-state index contributed by atoms with van der Waals surface area (Å²) in [7, 11) is 0. The lowest BCUT2D eigenvalue weighted by molar-refractivity contribution is -0.134. The minimum absolute atomic E-state index is 0.114. The number of rotatable bonds is 10. The zero-order chi connectivity index (χ0) is 22.9. The van der Waals surface area contributed by atoms with Crippen LogP contribution in [0.1, 0.15) is 63.5 Å². The SMILES string of the molecule is CC(C)Cc1ccccc1Oc1ccc(/C=C(\NC(=O)CCC2CCCC2)C(=O)O)cc1. The van der Waals surface area contributed by atoms with Crippen molar-refractivity contribution in [2.75, 3.05) is 0 Å². The number of ether oxygens (including phenoxy) is 1. The third-order valence-electron chi connectivity index (χ3n) is 5.78. The van der Waals surface area contributed by atoms with Crippen LogP contribution in [-0.4, -0.2) is 17.0 Å². The molecule has 1 aliphatic rings. The summed E-state index contributed by atoms with van der Waals surface area (Å²) >= 11 is 0. The van der Waals surface area contributed by atoms with Crippen LogP contribution in [0.25, 0.3) is 6.08 Å². The number of aliphatic carboxylic acids is 1. The maximum atomic E-state index is 12.2. The molecular formula is C27H33NO4. The summed E-state index contributed by atoms with van der Waals surface area (Å²) in [4.78, 5) is 23.9. The summed E-state index contributed by atoms with van der Waals surface area (Å²) in [5.41, 5.74) is 1.72. The van der Waals surface area contributed by atoms with Gasteiger partial charge in [-0.25, -0.2) is 4.79 Å². The number of carboxylic acids is 1. The fourth-order valence-electron chi connectivity index (χ4n) is 4.14. The average molecular weight is 436 g/mol. The molecule has 0 aromatic heterocycles. The minimum atomic E-state index is -1.15. The molecule has 2 N–H and O–H groups in total. The number of amides is 1. The largest absolute Gasteiger partial charge is 0.477 e. The molecule has 0 spiro atoms. The molecule has 1 amide bonds. The third-order valence-corrected chi connectivity index (χ3v) is 5.78. The van der Waals surface area contributed by atoms with Crippen LogP contribution in [0.4, 0.5) is 0 Å². The van der Waals surface area contributed by atoms with E-state index in [9.17, 15) is 14.7 Å². The molecule has 2 aromatic carbocycles. The van der Waals surface area contributed by atoms with E-state index in [0.29, 0.717) is 29.6 Å². The lowest BCUT2D eigenvalue weighted by atomic mass is 10.0. The molecule has 1 saturated carbocycles. The molecule has 5 heteroatoms. The van der Waals surface area contributed by atoms with Gasteiger partial charge in [0.1, 0.15) is 17.2 Å². The molecule has 0 atom stereocenters. The number of nitrogens with one attached hydrogen (secondary N) is 1. The summed E-state index contributed by atoms with van der Waals surface area (Å²) in [5.74, 6) is 1.22. The first-order valence-electron chi connectivity index (χ1n) is 11.5. The van der Waals surface area contributed by atoms with E-state index in [0.717, 1.165) is 24.2 Å². The molecular weight excluding hydrogens is 402 g/mol. The van der Waals surface area contributed by atoms with Crippen LogP contribution in [0.15, 0.2) is 54.2 Å². The summed E-state index contributed by atoms with van der Waals surface area (Å²) in [6.45, 7) is 4.34. The van der Waals surface area contributed by atoms with Gasteiger partial charge >= 0.3 is 5.97 Å². The number of para-hydroxylation sites is 1. The van der Waals surface area contributed by atoms with Crippen LogP contribution in [0.2, 0.25) is 0 Å². The normalized spacial score (nSPS) is 14.5. The zero-order valence-corrected chi connectivity index (χ0v) is 19.0. The molecule has 0 heterocycles. The van der Waals surface area contributed by atoms with Gasteiger partial charge in [-0.15, -0.1) is 0 Å². The number of carbonyl (C=O) groups is 2. The first-order valence-corrected chi connectivity index (χ1v) is 11.5. The molecule has 0 aliphatic heterocycles. The van der Waals surface area contributed by atoms with Crippen molar-refractivity contribution in [1.29, 1.82) is 0 Å². The monoisotopic (exact) mass is 435 g/mol. The first-order chi connectivity index (χ1) is 15.4. The summed E-state index contributed by atoms with van der Waals surface area (Å²) < 4.78 is 6.06. The molecule has 170 valence electrons. The fourth-order valence-corrected chi connectivity index (χ4v) is 4.14. The van der Waals surface area contributed by atoms with Gasteiger partial charge in [0.05, 0.1) is 0 Å².